The second-order valence-electron chi connectivity index (χ2n) is 8.11. The molecule has 150 valence electrons. The van der Waals surface area contributed by atoms with Crippen LogP contribution in [0.3, 0.4) is 0 Å². The second kappa shape index (κ2) is 7.26. The highest BCUT2D eigenvalue weighted by Crippen LogP contribution is 2.49. The summed E-state index contributed by atoms with van der Waals surface area (Å²) < 4.78 is 2.32. The molecule has 1 aliphatic heterocycles. The summed E-state index contributed by atoms with van der Waals surface area (Å²) >= 11 is 1.56. The number of hydrogen-bond acceptors (Lipinski definition) is 6. The molecule has 3 aromatic rings. The lowest BCUT2D eigenvalue weighted by atomic mass is 9.63. The molecule has 1 spiro atoms. The van der Waals surface area contributed by atoms with E-state index in [1.165, 1.54) is 42.9 Å². The average Bonchev–Trinajstić information content (AvgIpc) is 3.16. The molecule has 2 aromatic heterocycles. The summed E-state index contributed by atoms with van der Waals surface area (Å²) in [6, 6.07) is 8.88. The van der Waals surface area contributed by atoms with Crippen LogP contribution in [-0.4, -0.2) is 33.8 Å². The molecule has 29 heavy (non-hydrogen) atoms. The van der Waals surface area contributed by atoms with Gasteiger partial charge in [0.25, 0.3) is 5.56 Å². The summed E-state index contributed by atoms with van der Waals surface area (Å²) in [6.45, 7) is 1.82. The number of thiazole rings is 1. The van der Waals surface area contributed by atoms with Crippen molar-refractivity contribution in [1.29, 1.82) is 0 Å². The highest BCUT2D eigenvalue weighted by atomic mass is 32.1. The SMILES string of the molecule is O=C(Cn1nc(N2CCC3(CCC3)CC2)ccc1=O)Nc1ccc2scnc2c1. The molecule has 0 radical (unpaired) electrons. The van der Waals surface area contributed by atoms with E-state index in [2.05, 4.69) is 20.3 Å². The first-order chi connectivity index (χ1) is 14.1. The van der Waals surface area contributed by atoms with Gasteiger partial charge in [0.15, 0.2) is 0 Å². The highest BCUT2D eigenvalue weighted by molar-refractivity contribution is 7.16. The largest absolute Gasteiger partial charge is 0.355 e. The molecule has 2 fully saturated rings. The number of benzene rings is 1. The van der Waals surface area contributed by atoms with Gasteiger partial charge >= 0.3 is 0 Å². The van der Waals surface area contributed by atoms with Gasteiger partial charge in [-0.25, -0.2) is 9.67 Å². The number of rotatable bonds is 4. The van der Waals surface area contributed by atoms with E-state index in [0.29, 0.717) is 11.1 Å². The van der Waals surface area contributed by atoms with E-state index >= 15 is 0 Å². The maximum absolute atomic E-state index is 12.5. The molecule has 5 rings (SSSR count). The minimum atomic E-state index is -0.279. The zero-order valence-corrected chi connectivity index (χ0v) is 17.0. The van der Waals surface area contributed by atoms with E-state index in [0.717, 1.165) is 29.1 Å². The van der Waals surface area contributed by atoms with Crippen molar-refractivity contribution in [2.24, 2.45) is 5.41 Å². The quantitative estimate of drug-likeness (QED) is 0.715. The van der Waals surface area contributed by atoms with Gasteiger partial charge in [0, 0.05) is 24.8 Å². The van der Waals surface area contributed by atoms with E-state index in [9.17, 15) is 9.59 Å². The minimum absolute atomic E-state index is 0.112. The van der Waals surface area contributed by atoms with Crippen molar-refractivity contribution in [2.75, 3.05) is 23.3 Å². The molecule has 0 atom stereocenters. The lowest BCUT2D eigenvalue weighted by molar-refractivity contribution is -0.117. The van der Waals surface area contributed by atoms with Crippen LogP contribution in [-0.2, 0) is 11.3 Å². The van der Waals surface area contributed by atoms with Crippen LogP contribution in [0.4, 0.5) is 11.5 Å². The number of carbonyl (C=O) groups excluding carboxylic acids is 1. The third kappa shape index (κ3) is 3.64. The van der Waals surface area contributed by atoms with Crippen LogP contribution in [0.2, 0.25) is 0 Å². The van der Waals surface area contributed by atoms with Gasteiger partial charge in [0.1, 0.15) is 12.4 Å². The van der Waals surface area contributed by atoms with Crippen LogP contribution in [0.25, 0.3) is 10.2 Å². The average molecular weight is 410 g/mol. The van der Waals surface area contributed by atoms with Crippen molar-refractivity contribution in [3.63, 3.8) is 0 Å². The van der Waals surface area contributed by atoms with Crippen LogP contribution in [0.15, 0.2) is 40.6 Å². The molecule has 1 saturated carbocycles. The van der Waals surface area contributed by atoms with E-state index < -0.39 is 0 Å². The molecule has 1 aromatic carbocycles. The first kappa shape index (κ1) is 18.3. The van der Waals surface area contributed by atoms with Gasteiger partial charge in [-0.1, -0.05) is 6.42 Å². The zero-order chi connectivity index (χ0) is 19.8. The molecule has 3 heterocycles. The van der Waals surface area contributed by atoms with Crippen LogP contribution in [0.5, 0.6) is 0 Å². The Balaban J connectivity index is 1.27. The van der Waals surface area contributed by atoms with E-state index in [1.54, 1.807) is 22.9 Å². The Labute approximate surface area is 172 Å². The van der Waals surface area contributed by atoms with Crippen LogP contribution in [0.1, 0.15) is 32.1 Å². The summed E-state index contributed by atoms with van der Waals surface area (Å²) in [5.74, 6) is 0.494. The molecule has 7 nitrogen and oxygen atoms in total. The van der Waals surface area contributed by atoms with Crippen LogP contribution < -0.4 is 15.8 Å². The van der Waals surface area contributed by atoms with Gasteiger partial charge in [-0.15, -0.1) is 11.3 Å². The number of nitrogens with zero attached hydrogens (tertiary/aromatic N) is 4. The molecule has 1 saturated heterocycles. The molecular weight excluding hydrogens is 386 g/mol. The monoisotopic (exact) mass is 409 g/mol. The normalized spacial score (nSPS) is 18.0. The number of hydrogen-bond donors (Lipinski definition) is 1. The van der Waals surface area contributed by atoms with Gasteiger partial charge in [-0.05, 0) is 55.4 Å². The topological polar surface area (TPSA) is 80.1 Å². The Kier molecular flexibility index (Phi) is 4.58. The van der Waals surface area contributed by atoms with Crippen molar-refractivity contribution < 1.29 is 4.79 Å². The van der Waals surface area contributed by atoms with E-state index in [1.807, 2.05) is 18.2 Å². The van der Waals surface area contributed by atoms with Gasteiger partial charge in [0.05, 0.1) is 15.7 Å². The fraction of sp³-hybridized carbons (Fsp3) is 0.429. The number of nitrogens with one attached hydrogen (secondary N) is 1. The van der Waals surface area contributed by atoms with Crippen LogP contribution >= 0.6 is 11.3 Å². The maximum atomic E-state index is 12.5. The lowest BCUT2D eigenvalue weighted by Crippen LogP contribution is -2.44. The minimum Gasteiger partial charge on any atom is -0.355 e. The summed E-state index contributed by atoms with van der Waals surface area (Å²) in [5.41, 5.74) is 3.58. The number of piperidine rings is 1. The van der Waals surface area contributed by atoms with Crippen LogP contribution in [0, 0.1) is 5.41 Å². The van der Waals surface area contributed by atoms with E-state index in [-0.39, 0.29) is 18.0 Å². The summed E-state index contributed by atoms with van der Waals surface area (Å²) in [6.07, 6.45) is 6.43. The second-order valence-corrected chi connectivity index (χ2v) is 9.00. The molecule has 1 amide bonds. The Morgan fingerprint density at radius 1 is 1.14 bits per heavy atom. The predicted molar refractivity (Wildman–Crippen MR) is 114 cm³/mol. The molecule has 8 heteroatoms. The number of carbonyl (C=O) groups is 1. The van der Waals surface area contributed by atoms with Crippen molar-refractivity contribution in [3.8, 4) is 0 Å². The molecular formula is C21H23N5O2S. The maximum Gasteiger partial charge on any atom is 0.267 e. The summed E-state index contributed by atoms with van der Waals surface area (Å²) in [4.78, 5) is 31.2. The Hall–Kier alpha value is -2.74. The smallest absolute Gasteiger partial charge is 0.267 e. The third-order valence-corrected chi connectivity index (χ3v) is 7.13. The Morgan fingerprint density at radius 3 is 2.72 bits per heavy atom. The lowest BCUT2D eigenvalue weighted by Gasteiger charge is -2.48. The van der Waals surface area contributed by atoms with Gasteiger partial charge in [0.2, 0.25) is 5.91 Å². The summed E-state index contributed by atoms with van der Waals surface area (Å²) in [7, 11) is 0. The fourth-order valence-corrected chi connectivity index (χ4v) is 5.04. The van der Waals surface area contributed by atoms with Crippen molar-refractivity contribution in [3.05, 3.63) is 46.2 Å². The molecule has 2 aliphatic rings. The molecule has 0 unspecified atom stereocenters. The highest BCUT2D eigenvalue weighted by Gasteiger charge is 2.39. The fourth-order valence-electron chi connectivity index (χ4n) is 4.38. The number of aromatic nitrogens is 3. The summed E-state index contributed by atoms with van der Waals surface area (Å²) in [5, 5.41) is 7.31. The Bertz CT molecular complexity index is 1110. The third-order valence-electron chi connectivity index (χ3n) is 6.32. The molecule has 0 bridgehead atoms. The first-order valence-corrected chi connectivity index (χ1v) is 10.9. The molecule has 1 aliphatic carbocycles. The molecule has 1 N–H and O–H groups in total. The van der Waals surface area contributed by atoms with Crippen molar-refractivity contribution >= 4 is 39.0 Å². The van der Waals surface area contributed by atoms with Crippen molar-refractivity contribution in [1.82, 2.24) is 14.8 Å². The van der Waals surface area contributed by atoms with Crippen molar-refractivity contribution in [2.45, 2.75) is 38.6 Å². The van der Waals surface area contributed by atoms with Gasteiger partial charge < -0.3 is 10.2 Å². The van der Waals surface area contributed by atoms with Gasteiger partial charge in [-0.2, -0.15) is 5.10 Å². The zero-order valence-electron chi connectivity index (χ0n) is 16.1. The first-order valence-electron chi connectivity index (χ1n) is 10.1. The predicted octanol–water partition coefficient (Wildman–Crippen LogP) is 3.26. The Morgan fingerprint density at radius 2 is 1.97 bits per heavy atom. The number of fused-ring (bicyclic) bond motifs is 1. The van der Waals surface area contributed by atoms with E-state index in [4.69, 9.17) is 0 Å². The van der Waals surface area contributed by atoms with Gasteiger partial charge in [-0.3, -0.25) is 9.59 Å². The number of amides is 1. The standard InChI is InChI=1S/C21H23N5O2S/c27-19(23-15-2-3-17-16(12-15)22-14-29-17)13-26-20(28)5-4-18(24-26)25-10-8-21(9-11-25)6-1-7-21/h2-5,12,14H,1,6-11,13H2,(H,23,27). The number of anilines is 2.